The van der Waals surface area contributed by atoms with Gasteiger partial charge in [-0.3, -0.25) is 0 Å². The highest BCUT2D eigenvalue weighted by Crippen LogP contribution is 2.48. The maximum Gasteiger partial charge on any atom is 0.118 e. The molecule has 0 fully saturated rings. The van der Waals surface area contributed by atoms with Crippen LogP contribution in [0.3, 0.4) is 0 Å². The van der Waals surface area contributed by atoms with Gasteiger partial charge in [0.15, 0.2) is 0 Å². The second-order valence-electron chi connectivity index (χ2n) is 37.5. The minimum atomic E-state index is 0.852. The van der Waals surface area contributed by atoms with Crippen LogP contribution in [0.2, 0.25) is 0 Å². The van der Waals surface area contributed by atoms with E-state index in [0.717, 1.165) is 73.6 Å². The molecule has 0 aliphatic rings. The van der Waals surface area contributed by atoms with Crippen molar-refractivity contribution in [1.82, 2.24) is 0 Å². The van der Waals surface area contributed by atoms with Crippen LogP contribution in [0.25, 0.3) is 167 Å². The fraction of sp³-hybridized carbons (Fsp3) is 0.0137. The summed E-state index contributed by atoms with van der Waals surface area (Å²) >= 11 is 0. The van der Waals surface area contributed by atoms with Gasteiger partial charge >= 0.3 is 0 Å². The minimum Gasteiger partial charge on any atom is -0.497 e. The molecule has 0 amide bonds. The predicted molar refractivity (Wildman–Crippen MR) is 636 cm³/mol. The molecule has 150 heavy (non-hydrogen) atoms. The molecule has 0 aromatic heterocycles. The fourth-order valence-electron chi connectivity index (χ4n) is 20.0. The second-order valence-corrected chi connectivity index (χ2v) is 37.5. The minimum absolute atomic E-state index is 0.852. The molecule has 0 heterocycles. The first-order valence-electron chi connectivity index (χ1n) is 51.2. The maximum absolute atomic E-state index is 5.41. The molecule has 0 bridgehead atoms. The summed E-state index contributed by atoms with van der Waals surface area (Å²) in [5, 5.41) is 0. The third-order valence-corrected chi connectivity index (χ3v) is 27.9. The van der Waals surface area contributed by atoms with Crippen LogP contribution in [0.5, 0.6) is 5.75 Å². The molecule has 0 spiro atoms. The van der Waals surface area contributed by atoms with E-state index in [9.17, 15) is 0 Å². The summed E-state index contributed by atoms with van der Waals surface area (Å²) in [7, 11) is 1.70. The highest BCUT2D eigenvalue weighted by atomic mass is 16.5. The van der Waals surface area contributed by atoms with Gasteiger partial charge in [-0.2, -0.15) is 0 Å². The van der Waals surface area contributed by atoms with Crippen molar-refractivity contribution in [3.8, 4) is 173 Å². The van der Waals surface area contributed by atoms with Gasteiger partial charge in [-0.05, 0) is 301 Å². The molecule has 714 valence electrons. The van der Waals surface area contributed by atoms with Crippen molar-refractivity contribution in [2.45, 2.75) is 6.92 Å². The Morgan fingerprint density at radius 3 is 0.520 bits per heavy atom. The van der Waals surface area contributed by atoms with E-state index in [1.54, 1.807) is 7.11 Å². The smallest absolute Gasteiger partial charge is 0.118 e. The molecule has 24 rings (SSSR count). The summed E-state index contributed by atoms with van der Waals surface area (Å²) < 4.78 is 5.41. The summed E-state index contributed by atoms with van der Waals surface area (Å²) in [4.78, 5) is 7.05. The lowest BCUT2D eigenvalue weighted by Crippen LogP contribution is -2.10. The lowest BCUT2D eigenvalue weighted by Gasteiger charge is -2.27. The van der Waals surface area contributed by atoms with Crippen LogP contribution in [0.4, 0.5) is 51.2 Å². The van der Waals surface area contributed by atoms with E-state index in [2.05, 4.69) is 634 Å². The van der Waals surface area contributed by atoms with Gasteiger partial charge in [0, 0.05) is 51.2 Å². The van der Waals surface area contributed by atoms with E-state index in [0.29, 0.717) is 0 Å². The van der Waals surface area contributed by atoms with Gasteiger partial charge in [0.05, 0.1) is 7.11 Å². The normalized spacial score (nSPS) is 10.9. The van der Waals surface area contributed by atoms with E-state index in [1.807, 2.05) is 12.1 Å². The Hall–Kier alpha value is -19.5. The van der Waals surface area contributed by atoms with Crippen molar-refractivity contribution in [1.29, 1.82) is 0 Å². The highest BCUT2D eigenvalue weighted by molar-refractivity contribution is 5.94. The maximum atomic E-state index is 5.41. The molecule has 0 aliphatic carbocycles. The van der Waals surface area contributed by atoms with Gasteiger partial charge in [0.25, 0.3) is 0 Å². The second kappa shape index (κ2) is 45.6. The quantitative estimate of drug-likeness (QED) is 0.0568. The van der Waals surface area contributed by atoms with Crippen molar-refractivity contribution in [2.75, 3.05) is 21.8 Å². The van der Waals surface area contributed by atoms with Crippen LogP contribution in [0.1, 0.15) is 5.56 Å². The Morgan fingerprint density at radius 1 is 0.113 bits per heavy atom. The van der Waals surface area contributed by atoms with E-state index >= 15 is 0 Å². The number of methoxy groups -OCH3 is 1. The van der Waals surface area contributed by atoms with Crippen molar-refractivity contribution in [3.05, 3.63) is 630 Å². The van der Waals surface area contributed by atoms with Crippen LogP contribution < -0.4 is 19.4 Å². The van der Waals surface area contributed by atoms with Gasteiger partial charge in [-0.1, -0.05) is 503 Å². The summed E-state index contributed by atoms with van der Waals surface area (Å²) in [6.07, 6.45) is 0. The fourth-order valence-corrected chi connectivity index (χ4v) is 20.0. The zero-order chi connectivity index (χ0) is 101. The van der Waals surface area contributed by atoms with Crippen LogP contribution in [-0.2, 0) is 0 Å². The topological polar surface area (TPSA) is 19.0 Å². The third-order valence-electron chi connectivity index (χ3n) is 27.9. The van der Waals surface area contributed by atoms with Gasteiger partial charge in [0.1, 0.15) is 5.75 Å². The lowest BCUT2D eigenvalue weighted by molar-refractivity contribution is 0.415. The number of nitrogens with zero attached hydrogens (tertiary/aromatic N) is 3. The first-order valence-corrected chi connectivity index (χ1v) is 51.2. The molecule has 0 aliphatic heterocycles. The SMILES string of the molecule is COc1ccc(-c2ccccc2-c2cccc(N(c3ccc(-c4ccccc4)cc3)c3ccc(-c4ccccc4)cc3)c2)cc1.Cc1ccc(-c2ccccc2-c2cccc(N(c3ccc(-c4ccccc4)cc3)c3ccc(-c4ccccc4)cc3)c2)cc1.c1ccc(-c2ccc(-c3ccc(-c4ccc(-c5ccccc5)cc4)c(-c4cccc(N(c5ccc(-c6ccccc6)cc5)c5ccc(-c6ccccc6)cc5)c4)c3)cc2)cc1. The number of aryl methyl sites for hydroxylation is 1. The van der Waals surface area contributed by atoms with Crippen LogP contribution >= 0.6 is 0 Å². The molecule has 0 atom stereocenters. The lowest BCUT2D eigenvalue weighted by atomic mass is 9.90. The largest absolute Gasteiger partial charge is 0.497 e. The van der Waals surface area contributed by atoms with Gasteiger partial charge < -0.3 is 19.4 Å². The summed E-state index contributed by atoms with van der Waals surface area (Å²) in [6, 6.07) is 224. The number of anilines is 9. The Morgan fingerprint density at radius 2 is 0.280 bits per heavy atom. The monoisotopic (exact) mass is 1920 g/mol. The van der Waals surface area contributed by atoms with Crippen LogP contribution in [-0.4, -0.2) is 7.11 Å². The van der Waals surface area contributed by atoms with Gasteiger partial charge in [-0.15, -0.1) is 0 Å². The number of hydrogen-bond donors (Lipinski definition) is 0. The van der Waals surface area contributed by atoms with E-state index in [1.165, 1.54) is 156 Å². The molecule has 0 unspecified atom stereocenters. The summed E-state index contributed by atoms with van der Waals surface area (Å²) in [6.45, 7) is 2.13. The van der Waals surface area contributed by atoms with Crippen molar-refractivity contribution in [3.63, 3.8) is 0 Å². The Balaban J connectivity index is 0.000000130. The average molecular weight is 1920 g/mol. The highest BCUT2D eigenvalue weighted by Gasteiger charge is 2.23. The van der Waals surface area contributed by atoms with E-state index < -0.39 is 0 Å². The molecule has 0 radical (unpaired) electrons. The molecular weight excluding hydrogens is 1810 g/mol. The number of benzene rings is 24. The molecule has 24 aromatic carbocycles. The Labute approximate surface area is 881 Å². The van der Waals surface area contributed by atoms with Crippen molar-refractivity contribution >= 4 is 51.2 Å². The molecule has 4 heteroatoms. The zero-order valence-electron chi connectivity index (χ0n) is 83.7. The molecular formula is C146H109N3O. The number of ether oxygens (including phenoxy) is 1. The molecule has 0 saturated heterocycles. The molecule has 0 saturated carbocycles. The average Bonchev–Trinajstić information content (AvgIpc) is 0.820. The van der Waals surface area contributed by atoms with E-state index in [4.69, 9.17) is 4.74 Å². The molecule has 0 N–H and O–H groups in total. The predicted octanol–water partition coefficient (Wildman–Crippen LogP) is 40.8. The number of rotatable bonds is 25. The molecule has 4 nitrogen and oxygen atoms in total. The van der Waals surface area contributed by atoms with Gasteiger partial charge in [0.2, 0.25) is 0 Å². The summed E-state index contributed by atoms with van der Waals surface area (Å²) in [5.74, 6) is 0.852. The third kappa shape index (κ3) is 22.1. The van der Waals surface area contributed by atoms with Gasteiger partial charge in [-0.25, -0.2) is 0 Å². The Bertz CT molecular complexity index is 8310. The van der Waals surface area contributed by atoms with E-state index in [-0.39, 0.29) is 0 Å². The van der Waals surface area contributed by atoms with Crippen molar-refractivity contribution in [2.24, 2.45) is 0 Å². The van der Waals surface area contributed by atoms with Crippen LogP contribution in [0.15, 0.2) is 625 Å². The standard InChI is InChI=1S/C60H43N.C43H33NO.C43H33N/c1-5-14-44(15-6-1)48-24-26-52(27-25-48)54-36-41-59(53-30-28-49(29-31-53)45-16-7-2-8-17-45)60(43-54)55-22-13-23-58(42-55)61(56-37-32-50(33-38-56)46-18-9-3-10-19-46)57-39-34-51(35-40-57)47-20-11-4-12-21-47;1-45-41-29-23-36(24-30-41)42-17-8-9-18-43(42)37-15-10-16-40(31-37)44(38-25-19-34(20-26-38)32-11-4-2-5-12-32)39-27-21-35(22-28-39)33-13-6-3-7-14-33;1-32-19-21-37(22-20-32)42-17-8-9-18-43(42)38-15-10-16-41(31-38)44(39-27-23-35(24-28-39)33-11-4-2-5-12-33)40-29-25-36(26-30-40)34-13-6-3-7-14-34/h1-43H;2-31H,1H3;2-31H,1H3. The van der Waals surface area contributed by atoms with Crippen LogP contribution in [0, 0.1) is 6.92 Å². The Kier molecular flexibility index (Phi) is 29.0. The number of hydrogen-bond acceptors (Lipinski definition) is 4. The van der Waals surface area contributed by atoms with Crippen molar-refractivity contribution < 1.29 is 4.74 Å². The summed E-state index contributed by atoms with van der Waals surface area (Å²) in [5.41, 5.74) is 47.0. The zero-order valence-corrected chi connectivity index (χ0v) is 83.7. The molecule has 24 aromatic rings. The first kappa shape index (κ1) is 95.3. The first-order chi connectivity index (χ1) is 74.2.